The van der Waals surface area contributed by atoms with Crippen molar-refractivity contribution in [3.05, 3.63) is 0 Å². The first-order valence-electron chi connectivity index (χ1n) is 4.57. The van der Waals surface area contributed by atoms with E-state index < -0.39 is 11.6 Å². The SMILES string of the molecule is O=C(O)C1(F)CCCCCCC1. The maximum atomic E-state index is 13.5. The molecule has 0 radical (unpaired) electrons. The smallest absolute Gasteiger partial charge is 0.341 e. The predicted molar refractivity (Wildman–Crippen MR) is 43.8 cm³/mol. The van der Waals surface area contributed by atoms with Crippen LogP contribution in [-0.2, 0) is 4.79 Å². The molecule has 12 heavy (non-hydrogen) atoms. The minimum absolute atomic E-state index is 0.197. The molecule has 1 saturated carbocycles. The normalized spacial score (nSPS) is 24.1. The van der Waals surface area contributed by atoms with Gasteiger partial charge in [-0.2, -0.15) is 0 Å². The molecule has 0 saturated heterocycles. The first-order valence-corrected chi connectivity index (χ1v) is 4.57. The van der Waals surface area contributed by atoms with E-state index in [-0.39, 0.29) is 12.8 Å². The van der Waals surface area contributed by atoms with Crippen LogP contribution < -0.4 is 0 Å². The van der Waals surface area contributed by atoms with Crippen molar-refractivity contribution >= 4 is 5.97 Å². The largest absolute Gasteiger partial charge is 0.479 e. The van der Waals surface area contributed by atoms with Gasteiger partial charge >= 0.3 is 5.97 Å². The lowest BCUT2D eigenvalue weighted by Gasteiger charge is -2.22. The highest BCUT2D eigenvalue weighted by molar-refractivity contribution is 5.77. The fourth-order valence-corrected chi connectivity index (χ4v) is 1.68. The Bertz CT molecular complexity index is 160. The van der Waals surface area contributed by atoms with Gasteiger partial charge in [0.05, 0.1) is 0 Å². The summed E-state index contributed by atoms with van der Waals surface area (Å²) in [6, 6.07) is 0. The molecule has 0 aromatic carbocycles. The molecule has 0 atom stereocenters. The Balaban J connectivity index is 2.54. The fraction of sp³-hybridized carbons (Fsp3) is 0.889. The number of carbonyl (C=O) groups is 1. The molecule has 70 valence electrons. The van der Waals surface area contributed by atoms with Crippen LogP contribution in [-0.4, -0.2) is 16.7 Å². The standard InChI is InChI=1S/C9H15FO2/c10-9(8(11)12)6-4-2-1-3-5-7-9/h1-7H2,(H,11,12). The number of aliphatic carboxylic acids is 1. The molecule has 0 spiro atoms. The van der Waals surface area contributed by atoms with Crippen LogP contribution in [0.4, 0.5) is 4.39 Å². The van der Waals surface area contributed by atoms with E-state index >= 15 is 0 Å². The van der Waals surface area contributed by atoms with Crippen LogP contribution >= 0.6 is 0 Å². The molecule has 0 aromatic rings. The number of rotatable bonds is 1. The third-order valence-electron chi connectivity index (χ3n) is 2.53. The molecule has 1 rings (SSSR count). The van der Waals surface area contributed by atoms with Gasteiger partial charge < -0.3 is 5.11 Å². The zero-order valence-corrected chi connectivity index (χ0v) is 7.18. The number of alkyl halides is 1. The molecule has 0 bridgehead atoms. The van der Waals surface area contributed by atoms with Crippen LogP contribution in [0.25, 0.3) is 0 Å². The van der Waals surface area contributed by atoms with Gasteiger partial charge in [-0.25, -0.2) is 9.18 Å². The molecule has 1 aliphatic carbocycles. The Labute approximate surface area is 71.8 Å². The summed E-state index contributed by atoms with van der Waals surface area (Å²) in [6.45, 7) is 0. The molecular formula is C9H15FO2. The van der Waals surface area contributed by atoms with E-state index in [4.69, 9.17) is 5.11 Å². The summed E-state index contributed by atoms with van der Waals surface area (Å²) in [5.74, 6) is -1.27. The number of halogens is 1. The van der Waals surface area contributed by atoms with E-state index in [1.165, 1.54) is 0 Å². The van der Waals surface area contributed by atoms with Crippen LogP contribution in [0.2, 0.25) is 0 Å². The summed E-state index contributed by atoms with van der Waals surface area (Å²) >= 11 is 0. The number of carboxylic acid groups (broad SMARTS) is 1. The summed E-state index contributed by atoms with van der Waals surface area (Å²) in [5.41, 5.74) is -1.93. The monoisotopic (exact) mass is 174 g/mol. The summed E-state index contributed by atoms with van der Waals surface area (Å²) in [6.07, 6.45) is 4.88. The predicted octanol–water partition coefficient (Wildman–Crippen LogP) is 2.52. The maximum absolute atomic E-state index is 13.5. The summed E-state index contributed by atoms with van der Waals surface area (Å²) in [7, 11) is 0. The Morgan fingerprint density at radius 2 is 1.50 bits per heavy atom. The van der Waals surface area contributed by atoms with Crippen molar-refractivity contribution < 1.29 is 14.3 Å². The zero-order valence-electron chi connectivity index (χ0n) is 7.18. The van der Waals surface area contributed by atoms with Gasteiger partial charge in [0.25, 0.3) is 0 Å². The summed E-state index contributed by atoms with van der Waals surface area (Å²) in [5, 5.41) is 8.64. The molecule has 1 fully saturated rings. The molecule has 1 aliphatic rings. The van der Waals surface area contributed by atoms with Gasteiger partial charge in [-0.15, -0.1) is 0 Å². The number of hydrogen-bond donors (Lipinski definition) is 1. The Morgan fingerprint density at radius 3 is 1.92 bits per heavy atom. The third kappa shape index (κ3) is 2.19. The van der Waals surface area contributed by atoms with Crippen molar-refractivity contribution in [1.29, 1.82) is 0 Å². The van der Waals surface area contributed by atoms with E-state index in [1.807, 2.05) is 0 Å². The van der Waals surface area contributed by atoms with Crippen LogP contribution in [0.5, 0.6) is 0 Å². The van der Waals surface area contributed by atoms with Gasteiger partial charge in [-0.05, 0) is 25.7 Å². The van der Waals surface area contributed by atoms with Crippen molar-refractivity contribution in [2.24, 2.45) is 0 Å². The van der Waals surface area contributed by atoms with Gasteiger partial charge in [0, 0.05) is 0 Å². The lowest BCUT2D eigenvalue weighted by molar-refractivity contribution is -0.152. The van der Waals surface area contributed by atoms with E-state index in [9.17, 15) is 9.18 Å². The first-order chi connectivity index (χ1) is 5.65. The second-order valence-corrected chi connectivity index (χ2v) is 3.54. The van der Waals surface area contributed by atoms with E-state index in [0.717, 1.165) is 19.3 Å². The summed E-state index contributed by atoms with van der Waals surface area (Å²) < 4.78 is 13.5. The molecule has 0 unspecified atom stereocenters. The van der Waals surface area contributed by atoms with Crippen LogP contribution in [0, 0.1) is 0 Å². The lowest BCUT2D eigenvalue weighted by atomic mass is 9.89. The van der Waals surface area contributed by atoms with E-state index in [0.29, 0.717) is 12.8 Å². The average molecular weight is 174 g/mol. The molecule has 0 aliphatic heterocycles. The molecule has 0 amide bonds. The minimum atomic E-state index is -1.93. The van der Waals surface area contributed by atoms with Crippen molar-refractivity contribution in [3.8, 4) is 0 Å². The highest BCUT2D eigenvalue weighted by Gasteiger charge is 2.37. The van der Waals surface area contributed by atoms with Gasteiger partial charge in [0.1, 0.15) is 0 Å². The highest BCUT2D eigenvalue weighted by atomic mass is 19.1. The van der Waals surface area contributed by atoms with Crippen molar-refractivity contribution in [1.82, 2.24) is 0 Å². The fourth-order valence-electron chi connectivity index (χ4n) is 1.68. The van der Waals surface area contributed by atoms with Gasteiger partial charge in [-0.1, -0.05) is 19.3 Å². The van der Waals surface area contributed by atoms with Crippen molar-refractivity contribution in [3.63, 3.8) is 0 Å². The van der Waals surface area contributed by atoms with Crippen molar-refractivity contribution in [2.45, 2.75) is 50.6 Å². The highest BCUT2D eigenvalue weighted by Crippen LogP contribution is 2.29. The molecule has 0 heterocycles. The maximum Gasteiger partial charge on any atom is 0.341 e. The van der Waals surface area contributed by atoms with Gasteiger partial charge in [0.2, 0.25) is 5.67 Å². The first kappa shape index (κ1) is 9.49. The Morgan fingerprint density at radius 1 is 1.08 bits per heavy atom. The lowest BCUT2D eigenvalue weighted by Crippen LogP contribution is -2.34. The Hall–Kier alpha value is -0.600. The number of hydrogen-bond acceptors (Lipinski definition) is 1. The van der Waals surface area contributed by atoms with Crippen LogP contribution in [0.15, 0.2) is 0 Å². The molecular weight excluding hydrogens is 159 g/mol. The van der Waals surface area contributed by atoms with E-state index in [2.05, 4.69) is 0 Å². The Kier molecular flexibility index (Phi) is 3.06. The second kappa shape index (κ2) is 3.87. The average Bonchev–Trinajstić information content (AvgIpc) is 1.97. The second-order valence-electron chi connectivity index (χ2n) is 3.54. The van der Waals surface area contributed by atoms with E-state index in [1.54, 1.807) is 0 Å². The van der Waals surface area contributed by atoms with Crippen molar-refractivity contribution in [2.75, 3.05) is 0 Å². The number of carboxylic acids is 1. The zero-order chi connectivity index (χ0) is 9.03. The van der Waals surface area contributed by atoms with Crippen LogP contribution in [0.3, 0.4) is 0 Å². The molecule has 2 nitrogen and oxygen atoms in total. The molecule has 3 heteroatoms. The van der Waals surface area contributed by atoms with Gasteiger partial charge in [0.15, 0.2) is 0 Å². The third-order valence-corrected chi connectivity index (χ3v) is 2.53. The van der Waals surface area contributed by atoms with Gasteiger partial charge in [-0.3, -0.25) is 0 Å². The topological polar surface area (TPSA) is 37.3 Å². The quantitative estimate of drug-likeness (QED) is 0.663. The minimum Gasteiger partial charge on any atom is -0.479 e. The van der Waals surface area contributed by atoms with Crippen LogP contribution in [0.1, 0.15) is 44.9 Å². The molecule has 1 N–H and O–H groups in total. The molecule has 0 aromatic heterocycles. The summed E-state index contributed by atoms with van der Waals surface area (Å²) in [4.78, 5) is 10.6.